The molecule has 90 valence electrons. The molecular formula is C15H17ClO. The predicted molar refractivity (Wildman–Crippen MR) is 72.1 cm³/mol. The summed E-state index contributed by atoms with van der Waals surface area (Å²) in [6.45, 7) is 2.03. The van der Waals surface area contributed by atoms with Crippen LogP contribution in [0.1, 0.15) is 38.2 Å². The number of hydrogen-bond donors (Lipinski definition) is 0. The van der Waals surface area contributed by atoms with Crippen LogP contribution in [0.5, 0.6) is 0 Å². The molecule has 1 unspecified atom stereocenters. The van der Waals surface area contributed by atoms with Crippen LogP contribution in [0, 0.1) is 5.92 Å². The monoisotopic (exact) mass is 248 g/mol. The molecule has 2 rings (SSSR count). The van der Waals surface area contributed by atoms with E-state index in [9.17, 15) is 4.79 Å². The average Bonchev–Trinajstić information content (AvgIpc) is 2.48. The molecule has 1 aromatic carbocycles. The number of ketones is 1. The second-order valence-electron chi connectivity index (χ2n) is 4.73. The number of rotatable bonds is 1. The van der Waals surface area contributed by atoms with Crippen LogP contribution in [0.2, 0.25) is 5.02 Å². The van der Waals surface area contributed by atoms with E-state index in [4.69, 9.17) is 11.6 Å². The third-order valence-corrected chi connectivity index (χ3v) is 3.56. The highest BCUT2D eigenvalue weighted by atomic mass is 35.5. The van der Waals surface area contributed by atoms with Crippen molar-refractivity contribution in [3.63, 3.8) is 0 Å². The second-order valence-corrected chi connectivity index (χ2v) is 5.17. The van der Waals surface area contributed by atoms with Crippen LogP contribution in [0.4, 0.5) is 0 Å². The molecule has 0 bridgehead atoms. The van der Waals surface area contributed by atoms with Crippen molar-refractivity contribution in [1.82, 2.24) is 0 Å². The van der Waals surface area contributed by atoms with Gasteiger partial charge >= 0.3 is 0 Å². The van der Waals surface area contributed by atoms with Crippen LogP contribution in [-0.4, -0.2) is 5.78 Å². The summed E-state index contributed by atoms with van der Waals surface area (Å²) in [5.74, 6) is 0.494. The van der Waals surface area contributed by atoms with Crippen LogP contribution in [-0.2, 0) is 4.79 Å². The standard InChI is InChI=1S/C15H17ClO/c1-11-4-2-3-5-13(15(11)17)10-12-6-8-14(16)9-7-12/h6-11H,2-5H2,1H3. The summed E-state index contributed by atoms with van der Waals surface area (Å²) in [5.41, 5.74) is 2.03. The Hall–Kier alpha value is -1.08. The molecule has 0 heterocycles. The topological polar surface area (TPSA) is 17.1 Å². The first kappa shape index (κ1) is 12.4. The molecule has 1 aliphatic rings. The Morgan fingerprint density at radius 3 is 2.65 bits per heavy atom. The van der Waals surface area contributed by atoms with Gasteiger partial charge in [0.1, 0.15) is 0 Å². The fourth-order valence-electron chi connectivity index (χ4n) is 2.24. The van der Waals surface area contributed by atoms with Gasteiger partial charge < -0.3 is 0 Å². The van der Waals surface area contributed by atoms with Gasteiger partial charge in [0.05, 0.1) is 0 Å². The zero-order valence-electron chi connectivity index (χ0n) is 10.1. The summed E-state index contributed by atoms with van der Waals surface area (Å²) in [6, 6.07) is 7.63. The van der Waals surface area contributed by atoms with E-state index in [0.717, 1.165) is 41.8 Å². The van der Waals surface area contributed by atoms with Crippen molar-refractivity contribution in [1.29, 1.82) is 0 Å². The highest BCUT2D eigenvalue weighted by molar-refractivity contribution is 6.30. The van der Waals surface area contributed by atoms with Crippen molar-refractivity contribution in [2.24, 2.45) is 5.92 Å². The van der Waals surface area contributed by atoms with E-state index in [2.05, 4.69) is 0 Å². The summed E-state index contributed by atoms with van der Waals surface area (Å²) in [5, 5.41) is 0.729. The van der Waals surface area contributed by atoms with Gasteiger partial charge in [0.25, 0.3) is 0 Å². The molecule has 0 N–H and O–H groups in total. The minimum Gasteiger partial charge on any atom is -0.294 e. The molecule has 0 aliphatic heterocycles. The summed E-state index contributed by atoms with van der Waals surface area (Å²) in [4.78, 5) is 12.1. The zero-order chi connectivity index (χ0) is 12.3. The lowest BCUT2D eigenvalue weighted by Crippen LogP contribution is -2.10. The molecule has 1 fully saturated rings. The largest absolute Gasteiger partial charge is 0.294 e. The lowest BCUT2D eigenvalue weighted by Gasteiger charge is -2.07. The summed E-state index contributed by atoms with van der Waals surface area (Å²) in [7, 11) is 0. The van der Waals surface area contributed by atoms with Crippen LogP contribution in [0.25, 0.3) is 6.08 Å². The number of Topliss-reactive ketones (excluding diaryl/α,β-unsaturated/α-hetero) is 1. The molecule has 1 saturated carbocycles. The fraction of sp³-hybridized carbons (Fsp3) is 0.400. The highest BCUT2D eigenvalue weighted by Crippen LogP contribution is 2.25. The Bertz CT molecular complexity index is 431. The molecular weight excluding hydrogens is 232 g/mol. The molecule has 1 atom stereocenters. The third-order valence-electron chi connectivity index (χ3n) is 3.31. The molecule has 0 radical (unpaired) electrons. The van der Waals surface area contributed by atoms with Gasteiger partial charge in [-0.3, -0.25) is 4.79 Å². The van der Waals surface area contributed by atoms with E-state index in [1.165, 1.54) is 0 Å². The van der Waals surface area contributed by atoms with E-state index in [-0.39, 0.29) is 5.92 Å². The van der Waals surface area contributed by atoms with Crippen LogP contribution >= 0.6 is 11.6 Å². The first-order chi connectivity index (χ1) is 8.16. The van der Waals surface area contributed by atoms with Crippen LogP contribution in [0.15, 0.2) is 29.8 Å². The zero-order valence-corrected chi connectivity index (χ0v) is 10.8. The maximum absolute atomic E-state index is 12.1. The van der Waals surface area contributed by atoms with Gasteiger partial charge in [-0.25, -0.2) is 0 Å². The molecule has 1 nitrogen and oxygen atoms in total. The van der Waals surface area contributed by atoms with E-state index in [1.807, 2.05) is 37.3 Å². The van der Waals surface area contributed by atoms with Gasteiger partial charge in [-0.2, -0.15) is 0 Å². The Labute approximate surface area is 107 Å². The third kappa shape index (κ3) is 3.19. The Morgan fingerprint density at radius 2 is 1.94 bits per heavy atom. The average molecular weight is 249 g/mol. The molecule has 0 aromatic heterocycles. The minimum absolute atomic E-state index is 0.177. The summed E-state index contributed by atoms with van der Waals surface area (Å²) < 4.78 is 0. The number of carbonyl (C=O) groups is 1. The number of benzene rings is 1. The van der Waals surface area contributed by atoms with Crippen molar-refractivity contribution in [2.45, 2.75) is 32.6 Å². The number of carbonyl (C=O) groups excluding carboxylic acids is 1. The maximum atomic E-state index is 12.1. The fourth-order valence-corrected chi connectivity index (χ4v) is 2.37. The molecule has 17 heavy (non-hydrogen) atoms. The number of allylic oxidation sites excluding steroid dienone is 1. The lowest BCUT2D eigenvalue weighted by atomic mass is 9.96. The van der Waals surface area contributed by atoms with Crippen molar-refractivity contribution >= 4 is 23.5 Å². The van der Waals surface area contributed by atoms with E-state index in [1.54, 1.807) is 0 Å². The SMILES string of the molecule is CC1CCCCC(=Cc2ccc(Cl)cc2)C1=O. The normalized spacial score (nSPS) is 23.8. The van der Waals surface area contributed by atoms with Gasteiger partial charge in [0, 0.05) is 10.9 Å². The molecule has 0 amide bonds. The number of hydrogen-bond acceptors (Lipinski definition) is 1. The van der Waals surface area contributed by atoms with E-state index < -0.39 is 0 Å². The van der Waals surface area contributed by atoms with Crippen molar-refractivity contribution < 1.29 is 4.79 Å². The van der Waals surface area contributed by atoms with Gasteiger partial charge in [-0.1, -0.05) is 37.1 Å². The minimum atomic E-state index is 0.177. The first-order valence-electron chi connectivity index (χ1n) is 6.17. The van der Waals surface area contributed by atoms with Crippen LogP contribution < -0.4 is 0 Å². The van der Waals surface area contributed by atoms with E-state index >= 15 is 0 Å². The summed E-state index contributed by atoms with van der Waals surface area (Å²) in [6.07, 6.45) is 6.23. The van der Waals surface area contributed by atoms with Crippen molar-refractivity contribution in [2.75, 3.05) is 0 Å². The maximum Gasteiger partial charge on any atom is 0.161 e. The molecule has 2 heteroatoms. The molecule has 1 aromatic rings. The van der Waals surface area contributed by atoms with Crippen molar-refractivity contribution in [3.05, 3.63) is 40.4 Å². The number of halogens is 1. The van der Waals surface area contributed by atoms with E-state index in [0.29, 0.717) is 5.78 Å². The quantitative estimate of drug-likeness (QED) is 0.528. The van der Waals surface area contributed by atoms with Gasteiger partial charge in [0.2, 0.25) is 0 Å². The van der Waals surface area contributed by atoms with Gasteiger partial charge in [-0.15, -0.1) is 0 Å². The lowest BCUT2D eigenvalue weighted by molar-refractivity contribution is -0.118. The molecule has 1 aliphatic carbocycles. The molecule has 0 spiro atoms. The van der Waals surface area contributed by atoms with Gasteiger partial charge in [0.15, 0.2) is 5.78 Å². The predicted octanol–water partition coefficient (Wildman–Crippen LogP) is 4.50. The first-order valence-corrected chi connectivity index (χ1v) is 6.55. The van der Waals surface area contributed by atoms with Crippen molar-refractivity contribution in [3.8, 4) is 0 Å². The highest BCUT2D eigenvalue weighted by Gasteiger charge is 2.20. The Morgan fingerprint density at radius 1 is 1.24 bits per heavy atom. The molecule has 0 saturated heterocycles. The second kappa shape index (κ2) is 5.50. The van der Waals surface area contributed by atoms with Gasteiger partial charge in [-0.05, 0) is 48.6 Å². The summed E-state index contributed by atoms with van der Waals surface area (Å²) >= 11 is 5.84. The Balaban J connectivity index is 2.24. The Kier molecular flexibility index (Phi) is 4.01. The van der Waals surface area contributed by atoms with Crippen LogP contribution in [0.3, 0.4) is 0 Å². The smallest absolute Gasteiger partial charge is 0.161 e.